The van der Waals surface area contributed by atoms with Gasteiger partial charge in [-0.05, 0) is 18.5 Å². The van der Waals surface area contributed by atoms with Crippen LogP contribution in [0, 0.1) is 0 Å². The van der Waals surface area contributed by atoms with E-state index in [1.54, 1.807) is 0 Å². The lowest BCUT2D eigenvalue weighted by Gasteiger charge is -2.15. The van der Waals surface area contributed by atoms with Gasteiger partial charge in [0.1, 0.15) is 0 Å². The minimum absolute atomic E-state index is 0. The van der Waals surface area contributed by atoms with Crippen LogP contribution in [-0.2, 0) is 0 Å². The summed E-state index contributed by atoms with van der Waals surface area (Å²) in [6, 6.07) is 21.2. The average molecular weight is 243 g/mol. The molecule has 0 N–H and O–H groups in total. The second-order valence-electron chi connectivity index (χ2n) is 3.24. The molecule has 0 amide bonds. The Morgan fingerprint density at radius 2 is 1.12 bits per heavy atom. The SMILES string of the molecule is SCP(c1ccccc1)c1ccccc1.[B]. The van der Waals surface area contributed by atoms with Crippen molar-refractivity contribution in [3.8, 4) is 0 Å². The number of rotatable bonds is 3. The third-order valence-corrected chi connectivity index (χ3v) is 5.25. The molecule has 0 aromatic heterocycles. The molecule has 2 rings (SSSR count). The molecule has 79 valence electrons. The van der Waals surface area contributed by atoms with Crippen LogP contribution in [0.4, 0.5) is 0 Å². The third kappa shape index (κ3) is 3.14. The summed E-state index contributed by atoms with van der Waals surface area (Å²) in [6.45, 7) is 0. The molecule has 0 spiro atoms. The number of hydrogen-bond acceptors (Lipinski definition) is 1. The first kappa shape index (κ1) is 13.4. The van der Waals surface area contributed by atoms with Gasteiger partial charge >= 0.3 is 0 Å². The Kier molecular flexibility index (Phi) is 5.66. The molecular formula is C13H13BPS. The van der Waals surface area contributed by atoms with E-state index >= 15 is 0 Å². The standard InChI is InChI=1S/C13H13PS.B/c15-11-14(12-7-3-1-4-8-12)13-9-5-2-6-10-13;/h1-10,15H,11H2;. The Balaban J connectivity index is 0.00000128. The quantitative estimate of drug-likeness (QED) is 0.478. The fourth-order valence-electron chi connectivity index (χ4n) is 1.53. The summed E-state index contributed by atoms with van der Waals surface area (Å²) in [5.41, 5.74) is 0.906. The van der Waals surface area contributed by atoms with Crippen molar-refractivity contribution >= 4 is 39.6 Å². The Labute approximate surface area is 106 Å². The smallest absolute Gasteiger partial charge is 0.0186 e. The Morgan fingerprint density at radius 1 is 0.750 bits per heavy atom. The van der Waals surface area contributed by atoms with Crippen LogP contribution in [-0.4, -0.2) is 13.9 Å². The zero-order valence-electron chi connectivity index (χ0n) is 8.95. The predicted molar refractivity (Wildman–Crippen MR) is 78.7 cm³/mol. The van der Waals surface area contributed by atoms with Crippen molar-refractivity contribution in [3.63, 3.8) is 0 Å². The largest absolute Gasteiger partial charge is 0.174 e. The van der Waals surface area contributed by atoms with Crippen LogP contribution in [0.25, 0.3) is 0 Å². The molecule has 0 aliphatic rings. The molecule has 0 bridgehead atoms. The van der Waals surface area contributed by atoms with Crippen molar-refractivity contribution < 1.29 is 0 Å². The van der Waals surface area contributed by atoms with Crippen molar-refractivity contribution in [2.75, 3.05) is 5.49 Å². The van der Waals surface area contributed by atoms with Gasteiger partial charge in [0.2, 0.25) is 0 Å². The van der Waals surface area contributed by atoms with Crippen molar-refractivity contribution in [1.29, 1.82) is 0 Å². The molecule has 2 aromatic rings. The second kappa shape index (κ2) is 6.78. The van der Waals surface area contributed by atoms with Gasteiger partial charge in [0.15, 0.2) is 0 Å². The van der Waals surface area contributed by atoms with Crippen molar-refractivity contribution in [1.82, 2.24) is 0 Å². The van der Waals surface area contributed by atoms with Crippen LogP contribution >= 0.6 is 20.6 Å². The monoisotopic (exact) mass is 243 g/mol. The summed E-state index contributed by atoms with van der Waals surface area (Å²) in [7, 11) is -0.284. The van der Waals surface area contributed by atoms with Gasteiger partial charge in [-0.2, -0.15) is 12.6 Å². The normalized spacial score (nSPS) is 9.88. The summed E-state index contributed by atoms with van der Waals surface area (Å²) in [6.07, 6.45) is 0. The molecule has 0 aliphatic heterocycles. The molecule has 0 saturated carbocycles. The van der Waals surface area contributed by atoms with Crippen LogP contribution in [0.15, 0.2) is 60.7 Å². The van der Waals surface area contributed by atoms with Gasteiger partial charge in [-0.1, -0.05) is 60.7 Å². The molecule has 3 heteroatoms. The van der Waals surface area contributed by atoms with E-state index in [0.717, 1.165) is 5.49 Å². The van der Waals surface area contributed by atoms with Gasteiger partial charge in [0.05, 0.1) is 0 Å². The van der Waals surface area contributed by atoms with Crippen LogP contribution in [0.3, 0.4) is 0 Å². The van der Waals surface area contributed by atoms with Gasteiger partial charge in [0, 0.05) is 13.9 Å². The minimum Gasteiger partial charge on any atom is -0.174 e. The first-order valence-corrected chi connectivity index (χ1v) is 7.06. The molecule has 0 fully saturated rings. The van der Waals surface area contributed by atoms with E-state index in [0.29, 0.717) is 0 Å². The molecule has 0 saturated heterocycles. The van der Waals surface area contributed by atoms with E-state index < -0.39 is 0 Å². The van der Waals surface area contributed by atoms with Crippen molar-refractivity contribution in [3.05, 3.63) is 60.7 Å². The summed E-state index contributed by atoms with van der Waals surface area (Å²) in [4.78, 5) is 0. The van der Waals surface area contributed by atoms with E-state index in [1.165, 1.54) is 10.6 Å². The zero-order chi connectivity index (χ0) is 10.5. The fourth-order valence-corrected chi connectivity index (χ4v) is 4.20. The molecule has 0 atom stereocenters. The summed E-state index contributed by atoms with van der Waals surface area (Å²) < 4.78 is 0. The maximum Gasteiger partial charge on any atom is 0.0186 e. The molecule has 2 aromatic carbocycles. The molecule has 0 nitrogen and oxygen atoms in total. The number of benzene rings is 2. The van der Waals surface area contributed by atoms with E-state index in [1.807, 2.05) is 0 Å². The molecule has 0 heterocycles. The first-order valence-electron chi connectivity index (χ1n) is 4.90. The number of hydrogen-bond donors (Lipinski definition) is 1. The zero-order valence-corrected chi connectivity index (χ0v) is 10.7. The third-order valence-electron chi connectivity index (χ3n) is 2.28. The maximum atomic E-state index is 4.47. The highest BCUT2D eigenvalue weighted by molar-refractivity contribution is 7.93. The molecule has 3 radical (unpaired) electrons. The highest BCUT2D eigenvalue weighted by atomic mass is 32.1. The van der Waals surface area contributed by atoms with Gasteiger partial charge < -0.3 is 0 Å². The summed E-state index contributed by atoms with van der Waals surface area (Å²) in [5, 5.41) is 2.79. The van der Waals surface area contributed by atoms with Gasteiger partial charge in [0.25, 0.3) is 0 Å². The summed E-state index contributed by atoms with van der Waals surface area (Å²) >= 11 is 4.47. The van der Waals surface area contributed by atoms with Crippen LogP contribution < -0.4 is 10.6 Å². The molecular weight excluding hydrogens is 230 g/mol. The lowest BCUT2D eigenvalue weighted by molar-refractivity contribution is 1.75. The second-order valence-corrected chi connectivity index (χ2v) is 6.26. The van der Waals surface area contributed by atoms with Crippen molar-refractivity contribution in [2.24, 2.45) is 0 Å². The lowest BCUT2D eigenvalue weighted by atomic mass is 10.4. The maximum absolute atomic E-state index is 4.47. The first-order chi connectivity index (χ1) is 7.42. The van der Waals surface area contributed by atoms with Crippen LogP contribution in [0.5, 0.6) is 0 Å². The Morgan fingerprint density at radius 3 is 1.44 bits per heavy atom. The van der Waals surface area contributed by atoms with Gasteiger partial charge in [-0.25, -0.2) is 0 Å². The highest BCUT2D eigenvalue weighted by Gasteiger charge is 2.10. The Hall–Kier alpha value is -0.715. The number of thiol groups is 1. The van der Waals surface area contributed by atoms with Crippen LogP contribution in [0.1, 0.15) is 0 Å². The molecule has 16 heavy (non-hydrogen) atoms. The minimum atomic E-state index is -0.284. The van der Waals surface area contributed by atoms with Gasteiger partial charge in [-0.3, -0.25) is 0 Å². The highest BCUT2D eigenvalue weighted by Crippen LogP contribution is 2.33. The lowest BCUT2D eigenvalue weighted by Crippen LogP contribution is -2.11. The summed E-state index contributed by atoms with van der Waals surface area (Å²) in [5.74, 6) is 0. The van der Waals surface area contributed by atoms with E-state index in [9.17, 15) is 0 Å². The average Bonchev–Trinajstić information content (AvgIpc) is 2.33. The van der Waals surface area contributed by atoms with Crippen molar-refractivity contribution in [2.45, 2.75) is 0 Å². The molecule has 0 aliphatic carbocycles. The van der Waals surface area contributed by atoms with E-state index in [-0.39, 0.29) is 16.3 Å². The predicted octanol–water partition coefficient (Wildman–Crippen LogP) is 2.63. The topological polar surface area (TPSA) is 0 Å². The van der Waals surface area contributed by atoms with E-state index in [2.05, 4.69) is 73.3 Å². The Bertz CT molecular complexity index is 365. The van der Waals surface area contributed by atoms with Gasteiger partial charge in [-0.15, -0.1) is 0 Å². The van der Waals surface area contributed by atoms with E-state index in [4.69, 9.17) is 0 Å². The molecule has 0 unspecified atom stereocenters. The fraction of sp³-hybridized carbons (Fsp3) is 0.0769. The van der Waals surface area contributed by atoms with Crippen LogP contribution in [0.2, 0.25) is 0 Å².